The summed E-state index contributed by atoms with van der Waals surface area (Å²) in [5.74, 6) is 0.827. The molecule has 1 N–H and O–H groups in total. The number of rotatable bonds is 5. The van der Waals surface area contributed by atoms with Gasteiger partial charge in [0.05, 0.1) is 0 Å². The average Bonchev–Trinajstić information content (AvgIpc) is 1.82. The molecular weight excluding hydrogens is 126 g/mol. The zero-order valence-corrected chi connectivity index (χ0v) is 7.11. The van der Waals surface area contributed by atoms with Crippen LogP contribution in [-0.2, 0) is 4.79 Å². The van der Waals surface area contributed by atoms with Crippen molar-refractivity contribution in [2.75, 3.05) is 13.6 Å². The summed E-state index contributed by atoms with van der Waals surface area (Å²) < 4.78 is 0. The second-order valence-electron chi connectivity index (χ2n) is 2.90. The molecule has 1 unspecified atom stereocenters. The highest BCUT2D eigenvalue weighted by Crippen LogP contribution is 2.05. The predicted octanol–water partition coefficient (Wildman–Crippen LogP) is 1.21. The average molecular weight is 143 g/mol. The van der Waals surface area contributed by atoms with Crippen molar-refractivity contribution in [3.05, 3.63) is 0 Å². The molecule has 0 aromatic carbocycles. The molecule has 0 aliphatic heterocycles. The highest BCUT2D eigenvalue weighted by atomic mass is 16.1. The minimum absolute atomic E-state index is 0.295. The van der Waals surface area contributed by atoms with Gasteiger partial charge in [0.2, 0.25) is 0 Å². The van der Waals surface area contributed by atoms with Crippen molar-refractivity contribution < 1.29 is 4.79 Å². The Labute approximate surface area is 63.0 Å². The number of carbonyl (C=O) groups is 1. The van der Waals surface area contributed by atoms with E-state index in [4.69, 9.17) is 0 Å². The summed E-state index contributed by atoms with van der Waals surface area (Å²) in [6.07, 6.45) is 1.82. The van der Waals surface area contributed by atoms with Crippen LogP contribution in [0.4, 0.5) is 0 Å². The van der Waals surface area contributed by atoms with Crippen LogP contribution in [0, 0.1) is 5.92 Å². The Morgan fingerprint density at radius 1 is 1.60 bits per heavy atom. The summed E-state index contributed by atoms with van der Waals surface area (Å²) in [5, 5.41) is 3.06. The van der Waals surface area contributed by atoms with Crippen molar-refractivity contribution in [1.82, 2.24) is 5.32 Å². The molecule has 0 saturated heterocycles. The van der Waals surface area contributed by atoms with Crippen molar-refractivity contribution in [2.24, 2.45) is 5.92 Å². The van der Waals surface area contributed by atoms with Gasteiger partial charge in [0.25, 0.3) is 0 Å². The zero-order chi connectivity index (χ0) is 7.98. The lowest BCUT2D eigenvalue weighted by atomic mass is 10.0. The molecule has 0 aromatic heterocycles. The highest BCUT2D eigenvalue weighted by Gasteiger charge is 2.03. The summed E-state index contributed by atoms with van der Waals surface area (Å²) in [5.41, 5.74) is 0. The van der Waals surface area contributed by atoms with E-state index in [1.54, 1.807) is 6.92 Å². The lowest BCUT2D eigenvalue weighted by molar-refractivity contribution is -0.117. The van der Waals surface area contributed by atoms with Gasteiger partial charge in [-0.25, -0.2) is 0 Å². The van der Waals surface area contributed by atoms with Gasteiger partial charge < -0.3 is 10.1 Å². The van der Waals surface area contributed by atoms with Crippen molar-refractivity contribution >= 4 is 5.78 Å². The molecule has 2 heteroatoms. The van der Waals surface area contributed by atoms with Crippen LogP contribution in [0.25, 0.3) is 0 Å². The quantitative estimate of drug-likeness (QED) is 0.626. The van der Waals surface area contributed by atoms with Gasteiger partial charge in [0.1, 0.15) is 5.78 Å². The van der Waals surface area contributed by atoms with Crippen LogP contribution in [0.1, 0.15) is 26.7 Å². The smallest absolute Gasteiger partial charge is 0.130 e. The van der Waals surface area contributed by atoms with Crippen molar-refractivity contribution in [3.63, 3.8) is 0 Å². The van der Waals surface area contributed by atoms with Gasteiger partial charge in [-0.15, -0.1) is 0 Å². The molecule has 0 heterocycles. The molecule has 10 heavy (non-hydrogen) atoms. The standard InChI is InChI=1S/C8H17NO/c1-7(4-5-9-3)6-8(2)10/h7,9H,4-6H2,1-3H3. The second kappa shape index (κ2) is 5.42. The summed E-state index contributed by atoms with van der Waals surface area (Å²) in [6.45, 7) is 4.77. The van der Waals surface area contributed by atoms with Crippen LogP contribution in [0.2, 0.25) is 0 Å². The van der Waals surface area contributed by atoms with Crippen LogP contribution < -0.4 is 5.32 Å². The molecule has 0 aliphatic rings. The first-order chi connectivity index (χ1) is 4.66. The van der Waals surface area contributed by atoms with Gasteiger partial charge in [0, 0.05) is 6.42 Å². The third-order valence-corrected chi connectivity index (χ3v) is 1.52. The van der Waals surface area contributed by atoms with E-state index < -0.39 is 0 Å². The number of carbonyl (C=O) groups excluding carboxylic acids is 1. The SMILES string of the molecule is CNCCC(C)CC(C)=O. The first-order valence-electron chi connectivity index (χ1n) is 3.81. The Hall–Kier alpha value is -0.370. The van der Waals surface area contributed by atoms with Gasteiger partial charge in [-0.2, -0.15) is 0 Å². The largest absolute Gasteiger partial charge is 0.320 e. The topological polar surface area (TPSA) is 29.1 Å². The summed E-state index contributed by atoms with van der Waals surface area (Å²) >= 11 is 0. The molecule has 0 spiro atoms. The molecule has 0 amide bonds. The predicted molar refractivity (Wildman–Crippen MR) is 43.0 cm³/mol. The normalized spacial score (nSPS) is 13.1. The molecule has 0 rings (SSSR count). The first kappa shape index (κ1) is 9.63. The monoisotopic (exact) mass is 143 g/mol. The molecule has 60 valence electrons. The minimum Gasteiger partial charge on any atom is -0.320 e. The highest BCUT2D eigenvalue weighted by molar-refractivity contribution is 5.75. The summed E-state index contributed by atoms with van der Waals surface area (Å²) in [7, 11) is 1.93. The van der Waals surface area contributed by atoms with Crippen LogP contribution >= 0.6 is 0 Å². The zero-order valence-electron chi connectivity index (χ0n) is 7.11. The van der Waals surface area contributed by atoms with E-state index >= 15 is 0 Å². The van der Waals surface area contributed by atoms with Gasteiger partial charge in [0.15, 0.2) is 0 Å². The third kappa shape index (κ3) is 5.76. The summed E-state index contributed by atoms with van der Waals surface area (Å²) in [6, 6.07) is 0. The van der Waals surface area contributed by atoms with Crippen molar-refractivity contribution in [3.8, 4) is 0 Å². The molecule has 0 radical (unpaired) electrons. The van der Waals surface area contributed by atoms with Gasteiger partial charge >= 0.3 is 0 Å². The Kier molecular flexibility index (Phi) is 5.22. The van der Waals surface area contributed by atoms with Gasteiger partial charge in [-0.1, -0.05) is 6.92 Å². The van der Waals surface area contributed by atoms with Crippen LogP contribution in [0.3, 0.4) is 0 Å². The second-order valence-corrected chi connectivity index (χ2v) is 2.90. The van der Waals surface area contributed by atoms with E-state index in [9.17, 15) is 4.79 Å². The maximum absolute atomic E-state index is 10.6. The van der Waals surface area contributed by atoms with E-state index in [-0.39, 0.29) is 0 Å². The molecule has 0 aliphatic carbocycles. The maximum Gasteiger partial charge on any atom is 0.130 e. The minimum atomic E-state index is 0.295. The van der Waals surface area contributed by atoms with Gasteiger partial charge in [-0.3, -0.25) is 0 Å². The summed E-state index contributed by atoms with van der Waals surface area (Å²) in [4.78, 5) is 10.6. The fourth-order valence-electron chi connectivity index (χ4n) is 0.984. The van der Waals surface area contributed by atoms with Crippen molar-refractivity contribution in [2.45, 2.75) is 26.7 Å². The van der Waals surface area contributed by atoms with E-state index in [1.807, 2.05) is 7.05 Å². The Morgan fingerprint density at radius 3 is 2.60 bits per heavy atom. The lowest BCUT2D eigenvalue weighted by Gasteiger charge is -2.07. The van der Waals surface area contributed by atoms with E-state index in [1.165, 1.54) is 0 Å². The first-order valence-corrected chi connectivity index (χ1v) is 3.81. The fourth-order valence-corrected chi connectivity index (χ4v) is 0.984. The van der Waals surface area contributed by atoms with E-state index in [0.29, 0.717) is 11.7 Å². The van der Waals surface area contributed by atoms with Gasteiger partial charge in [-0.05, 0) is 32.9 Å². The number of hydrogen-bond donors (Lipinski definition) is 1. The Bertz CT molecular complexity index is 101. The van der Waals surface area contributed by atoms with Crippen LogP contribution in [0.15, 0.2) is 0 Å². The number of Topliss-reactive ketones (excluding diaryl/α,β-unsaturated/α-hetero) is 1. The van der Waals surface area contributed by atoms with Crippen molar-refractivity contribution in [1.29, 1.82) is 0 Å². The number of nitrogens with one attached hydrogen (secondary N) is 1. The molecule has 0 bridgehead atoms. The number of hydrogen-bond acceptors (Lipinski definition) is 2. The Balaban J connectivity index is 3.25. The third-order valence-electron chi connectivity index (χ3n) is 1.52. The molecule has 0 aromatic rings. The maximum atomic E-state index is 10.6. The lowest BCUT2D eigenvalue weighted by Crippen LogP contribution is -2.12. The fraction of sp³-hybridized carbons (Fsp3) is 0.875. The molecule has 1 atom stereocenters. The van der Waals surface area contributed by atoms with Crippen LogP contribution in [0.5, 0.6) is 0 Å². The van der Waals surface area contributed by atoms with E-state index in [0.717, 1.165) is 19.4 Å². The molecule has 0 saturated carbocycles. The van der Waals surface area contributed by atoms with E-state index in [2.05, 4.69) is 12.2 Å². The number of ketones is 1. The molecule has 0 fully saturated rings. The Morgan fingerprint density at radius 2 is 2.20 bits per heavy atom. The van der Waals surface area contributed by atoms with Crippen LogP contribution in [-0.4, -0.2) is 19.4 Å². The molecular formula is C8H17NO. The molecule has 2 nitrogen and oxygen atoms in total.